The van der Waals surface area contributed by atoms with Gasteiger partial charge in [0.15, 0.2) is 0 Å². The van der Waals surface area contributed by atoms with Crippen molar-refractivity contribution in [2.24, 2.45) is 7.05 Å². The lowest BCUT2D eigenvalue weighted by Gasteiger charge is -2.26. The van der Waals surface area contributed by atoms with Crippen LogP contribution in [0.4, 0.5) is 4.39 Å². The van der Waals surface area contributed by atoms with Gasteiger partial charge in [-0.2, -0.15) is 0 Å². The Bertz CT molecular complexity index is 1300. The number of ether oxygens (including phenoxy) is 1. The molecule has 0 radical (unpaired) electrons. The lowest BCUT2D eigenvalue weighted by molar-refractivity contribution is -0.135. The number of para-hydroxylation sites is 1. The van der Waals surface area contributed by atoms with E-state index in [2.05, 4.69) is 4.98 Å². The van der Waals surface area contributed by atoms with Crippen molar-refractivity contribution in [3.63, 3.8) is 0 Å². The number of hydrogen-bond donors (Lipinski definition) is 1. The fraction of sp³-hybridized carbons (Fsp3) is 0.143. The highest BCUT2D eigenvalue weighted by Crippen LogP contribution is 2.42. The van der Waals surface area contributed by atoms with Crippen LogP contribution in [-0.2, 0) is 11.8 Å². The van der Waals surface area contributed by atoms with Gasteiger partial charge in [0.1, 0.15) is 11.6 Å². The van der Waals surface area contributed by atoms with Crippen molar-refractivity contribution < 1.29 is 13.9 Å². The van der Waals surface area contributed by atoms with Crippen LogP contribution in [0.3, 0.4) is 0 Å². The number of carbonyl (C=O) groups excluding carboxylic acids is 1. The predicted octanol–water partition coefficient (Wildman–Crippen LogP) is 3.60. The van der Waals surface area contributed by atoms with Crippen LogP contribution in [0.2, 0.25) is 0 Å². The maximum Gasteiger partial charge on any atom is 0.312 e. The first-order chi connectivity index (χ1) is 13.0. The summed E-state index contributed by atoms with van der Waals surface area (Å²) in [7, 11) is 1.70. The van der Waals surface area contributed by atoms with Gasteiger partial charge in [-0.05, 0) is 35.9 Å². The molecule has 1 aliphatic rings. The number of hydrogen-bond acceptors (Lipinski definition) is 3. The molecule has 0 spiro atoms. The normalized spacial score (nSPS) is 16.5. The van der Waals surface area contributed by atoms with Gasteiger partial charge in [0.05, 0.1) is 17.5 Å². The molecule has 27 heavy (non-hydrogen) atoms. The van der Waals surface area contributed by atoms with Crippen LogP contribution in [-0.4, -0.2) is 15.5 Å². The molecule has 1 aliphatic heterocycles. The van der Waals surface area contributed by atoms with Crippen molar-refractivity contribution in [3.8, 4) is 5.75 Å². The molecular formula is C21H15FN2O3. The summed E-state index contributed by atoms with van der Waals surface area (Å²) in [6, 6.07) is 11.8. The van der Waals surface area contributed by atoms with Gasteiger partial charge in [-0.1, -0.05) is 12.1 Å². The maximum absolute atomic E-state index is 13.8. The number of aromatic amines is 1. The van der Waals surface area contributed by atoms with Gasteiger partial charge in [-0.3, -0.25) is 9.59 Å². The van der Waals surface area contributed by atoms with E-state index < -0.39 is 11.9 Å². The number of rotatable bonds is 1. The number of nitrogens with one attached hydrogen (secondary N) is 1. The molecule has 0 fully saturated rings. The second-order valence-corrected chi connectivity index (χ2v) is 6.79. The van der Waals surface area contributed by atoms with E-state index in [9.17, 15) is 14.0 Å². The fourth-order valence-electron chi connectivity index (χ4n) is 4.00. The Labute approximate surface area is 153 Å². The number of nitrogens with zero attached hydrogens (tertiary/aromatic N) is 1. The summed E-state index contributed by atoms with van der Waals surface area (Å²) in [6.45, 7) is 0. The van der Waals surface area contributed by atoms with E-state index >= 15 is 0 Å². The van der Waals surface area contributed by atoms with Gasteiger partial charge >= 0.3 is 5.97 Å². The molecular weight excluding hydrogens is 347 g/mol. The van der Waals surface area contributed by atoms with Crippen LogP contribution in [0.25, 0.3) is 21.8 Å². The minimum absolute atomic E-state index is 0.0318. The molecule has 3 heterocycles. The summed E-state index contributed by atoms with van der Waals surface area (Å²) < 4.78 is 20.9. The molecule has 5 nitrogen and oxygen atoms in total. The van der Waals surface area contributed by atoms with E-state index in [4.69, 9.17) is 4.74 Å². The average molecular weight is 362 g/mol. The summed E-state index contributed by atoms with van der Waals surface area (Å²) in [6.07, 6.45) is 1.77. The summed E-state index contributed by atoms with van der Waals surface area (Å²) in [5.41, 5.74) is 2.38. The third kappa shape index (κ3) is 2.23. The molecule has 0 aliphatic carbocycles. The number of carbonyl (C=O) groups is 1. The van der Waals surface area contributed by atoms with E-state index in [0.717, 1.165) is 11.1 Å². The molecule has 0 saturated heterocycles. The third-order valence-electron chi connectivity index (χ3n) is 5.28. The van der Waals surface area contributed by atoms with Gasteiger partial charge in [0, 0.05) is 35.5 Å². The Morgan fingerprint density at radius 3 is 2.81 bits per heavy atom. The molecule has 6 heteroatoms. The van der Waals surface area contributed by atoms with Crippen LogP contribution >= 0.6 is 0 Å². The van der Waals surface area contributed by atoms with E-state index in [0.29, 0.717) is 27.6 Å². The fourth-order valence-corrected chi connectivity index (χ4v) is 4.00. The molecule has 4 aromatic rings. The number of halogens is 1. The lowest BCUT2D eigenvalue weighted by atomic mass is 9.86. The van der Waals surface area contributed by atoms with Crippen molar-refractivity contribution in [1.82, 2.24) is 9.55 Å². The Morgan fingerprint density at radius 2 is 1.96 bits per heavy atom. The predicted molar refractivity (Wildman–Crippen MR) is 99.5 cm³/mol. The molecule has 1 N–H and O–H groups in total. The van der Waals surface area contributed by atoms with Crippen LogP contribution < -0.4 is 10.3 Å². The van der Waals surface area contributed by atoms with Crippen molar-refractivity contribution in [1.29, 1.82) is 0 Å². The first-order valence-electron chi connectivity index (χ1n) is 8.63. The topological polar surface area (TPSA) is 64.1 Å². The zero-order valence-corrected chi connectivity index (χ0v) is 14.5. The molecule has 0 bridgehead atoms. The van der Waals surface area contributed by atoms with E-state index in [-0.39, 0.29) is 17.8 Å². The van der Waals surface area contributed by atoms with E-state index in [1.807, 2.05) is 24.3 Å². The molecule has 0 unspecified atom stereocenters. The second-order valence-electron chi connectivity index (χ2n) is 6.79. The molecule has 134 valence electrons. The molecule has 0 amide bonds. The molecule has 2 aromatic heterocycles. The first-order valence-corrected chi connectivity index (χ1v) is 8.63. The number of benzene rings is 2. The largest absolute Gasteiger partial charge is 0.425 e. The quantitative estimate of drug-likeness (QED) is 0.526. The number of aromatic nitrogens is 2. The highest BCUT2D eigenvalue weighted by Gasteiger charge is 2.34. The van der Waals surface area contributed by atoms with Crippen molar-refractivity contribution in [2.75, 3.05) is 0 Å². The smallest absolute Gasteiger partial charge is 0.312 e. The number of esters is 1. The van der Waals surface area contributed by atoms with Crippen molar-refractivity contribution in [3.05, 3.63) is 76.0 Å². The van der Waals surface area contributed by atoms with Gasteiger partial charge in [0.25, 0.3) is 5.56 Å². The van der Waals surface area contributed by atoms with E-state index in [1.165, 1.54) is 12.1 Å². The third-order valence-corrected chi connectivity index (χ3v) is 5.28. The highest BCUT2D eigenvalue weighted by molar-refractivity contribution is 5.93. The highest BCUT2D eigenvalue weighted by atomic mass is 19.1. The minimum Gasteiger partial charge on any atom is -0.425 e. The Kier molecular flexibility index (Phi) is 3.25. The summed E-state index contributed by atoms with van der Waals surface area (Å²) in [5.74, 6) is -0.967. The van der Waals surface area contributed by atoms with E-state index in [1.54, 1.807) is 23.9 Å². The first kappa shape index (κ1) is 15.8. The van der Waals surface area contributed by atoms with Crippen LogP contribution in [0.15, 0.2) is 53.5 Å². The standard InChI is InChI=1S/C21H15FN2O3/c1-24-17-5-3-2-4-12(17)20-19(21(24)26)14(9-18(25)27-20)15-10-23-16-7-6-11(22)8-13(15)16/h2-8,10,14,23H,9H2,1H3/t14-/m0/s1. The summed E-state index contributed by atoms with van der Waals surface area (Å²) in [5, 5.41) is 1.37. The molecule has 0 saturated carbocycles. The van der Waals surface area contributed by atoms with Crippen molar-refractivity contribution >= 4 is 27.8 Å². The summed E-state index contributed by atoms with van der Waals surface area (Å²) >= 11 is 0. The summed E-state index contributed by atoms with van der Waals surface area (Å²) in [4.78, 5) is 28.6. The van der Waals surface area contributed by atoms with Crippen molar-refractivity contribution in [2.45, 2.75) is 12.3 Å². The van der Waals surface area contributed by atoms with Crippen LogP contribution in [0.5, 0.6) is 5.75 Å². The van der Waals surface area contributed by atoms with Crippen LogP contribution in [0.1, 0.15) is 23.5 Å². The lowest BCUT2D eigenvalue weighted by Crippen LogP contribution is -2.31. The minimum atomic E-state index is -0.500. The van der Waals surface area contributed by atoms with Gasteiger partial charge in [-0.25, -0.2) is 4.39 Å². The number of aryl methyl sites for hydroxylation is 1. The monoisotopic (exact) mass is 362 g/mol. The van der Waals surface area contributed by atoms with Crippen LogP contribution in [0, 0.1) is 5.82 Å². The molecule has 2 aromatic carbocycles. The van der Waals surface area contributed by atoms with Gasteiger partial charge < -0.3 is 14.3 Å². The zero-order chi connectivity index (χ0) is 18.7. The number of H-pyrrole nitrogens is 1. The zero-order valence-electron chi connectivity index (χ0n) is 14.5. The Balaban J connectivity index is 1.86. The second kappa shape index (κ2) is 5.54. The SMILES string of the molecule is Cn1c(=O)c2c(c3ccccc31)OC(=O)C[C@H]2c1c[nH]c2ccc(F)cc12. The van der Waals surface area contributed by atoms with Gasteiger partial charge in [0.2, 0.25) is 0 Å². The number of fused-ring (bicyclic) bond motifs is 4. The molecule has 1 atom stereocenters. The Hall–Kier alpha value is -3.41. The van der Waals surface area contributed by atoms with Gasteiger partial charge in [-0.15, -0.1) is 0 Å². The Morgan fingerprint density at radius 1 is 1.15 bits per heavy atom. The number of pyridine rings is 1. The average Bonchev–Trinajstić information content (AvgIpc) is 3.08. The maximum atomic E-state index is 13.8. The molecule has 5 rings (SSSR count).